The van der Waals surface area contributed by atoms with Crippen molar-refractivity contribution in [1.29, 1.82) is 0 Å². The Kier molecular flexibility index (Phi) is 11.3. The van der Waals surface area contributed by atoms with Crippen LogP contribution >= 0.6 is 0 Å². The first kappa shape index (κ1) is 49.0. The molecule has 4 heteroatoms. The summed E-state index contributed by atoms with van der Waals surface area (Å²) in [4.78, 5) is 8.07. The zero-order chi connectivity index (χ0) is 53.2. The molecule has 9 aromatic rings. The third-order valence-electron chi connectivity index (χ3n) is 18.2. The fraction of sp³-hybridized carbons (Fsp3) is 0.260. The Morgan fingerprint density at radius 3 is 1.60 bits per heavy atom. The molecule has 382 valence electrons. The quantitative estimate of drug-likeness (QED) is 0.154. The van der Waals surface area contributed by atoms with Gasteiger partial charge >= 0.3 is 0 Å². The van der Waals surface area contributed by atoms with E-state index < -0.39 is 0 Å². The summed E-state index contributed by atoms with van der Waals surface area (Å²) in [6.45, 7) is 23.6. The van der Waals surface area contributed by atoms with E-state index in [0.29, 0.717) is 0 Å². The van der Waals surface area contributed by atoms with Crippen LogP contribution in [0.3, 0.4) is 0 Å². The van der Waals surface area contributed by atoms with E-state index in [0.717, 1.165) is 12.8 Å². The molecule has 1 fully saturated rings. The monoisotopic (exact) mass is 1000 g/mol. The SMILES string of the molecule is CC(C)(C)c1ccc(N2c3cc(N4c5ccccc5C5(c6ccccc6)CCCCC45C)ccc3B3c4ccc(-c5ccccc5)cc4N(c4ccc(C(C)(C)C)cc4-c4ccccc4)c4cc(C(C)(C)C)cc2c43)cc1. The van der Waals surface area contributed by atoms with Gasteiger partial charge in [0.05, 0.1) is 11.2 Å². The number of para-hydroxylation sites is 1. The summed E-state index contributed by atoms with van der Waals surface area (Å²) in [5, 5.41) is 0. The van der Waals surface area contributed by atoms with Gasteiger partial charge in [-0.3, -0.25) is 0 Å². The van der Waals surface area contributed by atoms with E-state index >= 15 is 0 Å². The second kappa shape index (κ2) is 17.7. The largest absolute Gasteiger partial charge is 0.334 e. The fourth-order valence-corrected chi connectivity index (χ4v) is 14.2. The van der Waals surface area contributed by atoms with Gasteiger partial charge in [-0.05, 0) is 158 Å². The van der Waals surface area contributed by atoms with E-state index in [1.807, 2.05) is 0 Å². The van der Waals surface area contributed by atoms with Crippen LogP contribution in [0.2, 0.25) is 0 Å². The Hall–Kier alpha value is -7.56. The third-order valence-corrected chi connectivity index (χ3v) is 18.2. The molecule has 4 aliphatic rings. The highest BCUT2D eigenvalue weighted by Gasteiger charge is 2.61. The average molecular weight is 1000 g/mol. The Morgan fingerprint density at radius 2 is 0.935 bits per heavy atom. The number of rotatable bonds is 6. The van der Waals surface area contributed by atoms with E-state index in [9.17, 15) is 0 Å². The Labute approximate surface area is 459 Å². The molecule has 77 heavy (non-hydrogen) atoms. The molecule has 1 saturated carbocycles. The normalized spacial score (nSPS) is 18.6. The molecule has 2 unspecified atom stereocenters. The topological polar surface area (TPSA) is 9.72 Å². The molecule has 3 nitrogen and oxygen atoms in total. The molecular formula is C73H72BN3. The molecule has 0 bridgehead atoms. The molecule has 0 amide bonds. The van der Waals surface area contributed by atoms with Gasteiger partial charge in [0.25, 0.3) is 6.71 Å². The van der Waals surface area contributed by atoms with Crippen LogP contribution in [-0.2, 0) is 21.7 Å². The molecule has 0 saturated heterocycles. The molecule has 0 N–H and O–H groups in total. The first-order chi connectivity index (χ1) is 37.0. The molecule has 2 atom stereocenters. The molecule has 13 rings (SSSR count). The number of hydrogen-bond donors (Lipinski definition) is 0. The van der Waals surface area contributed by atoms with Gasteiger partial charge in [0.2, 0.25) is 0 Å². The first-order valence-corrected chi connectivity index (χ1v) is 28.3. The van der Waals surface area contributed by atoms with Crippen LogP contribution in [-0.4, -0.2) is 12.3 Å². The van der Waals surface area contributed by atoms with Crippen LogP contribution < -0.4 is 31.1 Å². The first-order valence-electron chi connectivity index (χ1n) is 28.3. The maximum absolute atomic E-state index is 2.78. The van der Waals surface area contributed by atoms with Crippen molar-refractivity contribution >= 4 is 68.6 Å². The number of benzene rings is 9. The molecule has 3 heterocycles. The standard InChI is InChI=1S/C73H72BN3/c1-69(2,3)52-33-36-56(37-34-52)75-65-48-57(77-63-31-21-20-30-59(63)73(53-28-18-13-19-29-53)43-23-22-42-72(73,77)10)38-40-61(65)74-60-39-32-51(49-24-14-11-15-25-49)44-64(60)76(67-47-55(71(7,8)9)46-66(75)68(67)74)62-41-35-54(70(4,5)6)45-58(62)50-26-16-12-17-27-50/h11-21,24-41,44-48H,22-23,42-43H2,1-10H3. The minimum Gasteiger partial charge on any atom is -0.334 e. The lowest BCUT2D eigenvalue weighted by Gasteiger charge is -2.52. The van der Waals surface area contributed by atoms with Crippen LogP contribution in [0.15, 0.2) is 206 Å². The summed E-state index contributed by atoms with van der Waals surface area (Å²) in [5.74, 6) is 0. The number of anilines is 8. The van der Waals surface area contributed by atoms with Gasteiger partial charge in [-0.2, -0.15) is 0 Å². The minimum atomic E-state index is -0.201. The van der Waals surface area contributed by atoms with Crippen LogP contribution in [0.4, 0.5) is 45.5 Å². The number of hydrogen-bond acceptors (Lipinski definition) is 3. The number of nitrogens with zero attached hydrogens (tertiary/aromatic N) is 3. The summed E-state index contributed by atoms with van der Waals surface area (Å²) >= 11 is 0. The van der Waals surface area contributed by atoms with Crippen LogP contribution in [0.1, 0.15) is 123 Å². The van der Waals surface area contributed by atoms with Gasteiger partial charge in [0.15, 0.2) is 0 Å². The summed E-state index contributed by atoms with van der Waals surface area (Å²) in [5.41, 5.74) is 24.9. The summed E-state index contributed by atoms with van der Waals surface area (Å²) in [7, 11) is 0. The van der Waals surface area contributed by atoms with Gasteiger partial charge in [-0.1, -0.05) is 221 Å². The summed E-state index contributed by atoms with van der Waals surface area (Å²) < 4.78 is 0. The lowest BCUT2D eigenvalue weighted by atomic mass is 9.33. The second-order valence-electron chi connectivity index (χ2n) is 25.9. The van der Waals surface area contributed by atoms with Gasteiger partial charge in [-0.15, -0.1) is 0 Å². The van der Waals surface area contributed by atoms with E-state index in [1.165, 1.54) is 125 Å². The molecular weight excluding hydrogens is 930 g/mol. The van der Waals surface area contributed by atoms with Crippen molar-refractivity contribution in [3.63, 3.8) is 0 Å². The maximum atomic E-state index is 2.78. The third kappa shape index (κ3) is 7.67. The van der Waals surface area contributed by atoms with Crippen LogP contribution in [0.5, 0.6) is 0 Å². The molecule has 0 aromatic heterocycles. The molecule has 9 aromatic carbocycles. The predicted molar refractivity (Wildman–Crippen MR) is 330 cm³/mol. The van der Waals surface area contributed by atoms with Gasteiger partial charge < -0.3 is 14.7 Å². The average Bonchev–Trinajstić information content (AvgIpc) is 3.97. The highest BCUT2D eigenvalue weighted by molar-refractivity contribution is 7.00. The van der Waals surface area contributed by atoms with Crippen molar-refractivity contribution < 1.29 is 0 Å². The second-order valence-corrected chi connectivity index (χ2v) is 25.9. The van der Waals surface area contributed by atoms with E-state index in [-0.39, 0.29) is 33.9 Å². The summed E-state index contributed by atoms with van der Waals surface area (Å²) in [6, 6.07) is 79.7. The summed E-state index contributed by atoms with van der Waals surface area (Å²) in [6.07, 6.45) is 4.63. The highest BCUT2D eigenvalue weighted by Crippen LogP contribution is 2.64. The van der Waals surface area contributed by atoms with Crippen molar-refractivity contribution in [2.45, 2.75) is 122 Å². The Balaban J connectivity index is 1.12. The van der Waals surface area contributed by atoms with Crippen molar-refractivity contribution in [1.82, 2.24) is 0 Å². The Morgan fingerprint density at radius 1 is 0.390 bits per heavy atom. The minimum absolute atomic E-state index is 0.00751. The van der Waals surface area contributed by atoms with E-state index in [2.05, 4.69) is 290 Å². The van der Waals surface area contributed by atoms with Crippen molar-refractivity contribution in [2.24, 2.45) is 0 Å². The fourth-order valence-electron chi connectivity index (χ4n) is 14.2. The number of fused-ring (bicyclic) bond motifs is 7. The Bertz CT molecular complexity index is 3730. The van der Waals surface area contributed by atoms with Gasteiger partial charge in [0, 0.05) is 50.8 Å². The van der Waals surface area contributed by atoms with E-state index in [1.54, 1.807) is 0 Å². The van der Waals surface area contributed by atoms with Gasteiger partial charge in [-0.25, -0.2) is 0 Å². The predicted octanol–water partition coefficient (Wildman–Crippen LogP) is 17.8. The zero-order valence-corrected chi connectivity index (χ0v) is 46.9. The highest BCUT2D eigenvalue weighted by atomic mass is 15.3. The van der Waals surface area contributed by atoms with Gasteiger partial charge in [0.1, 0.15) is 0 Å². The van der Waals surface area contributed by atoms with Crippen LogP contribution in [0, 0.1) is 0 Å². The molecule has 0 radical (unpaired) electrons. The lowest BCUT2D eigenvalue weighted by Crippen LogP contribution is -2.61. The molecule has 1 aliphatic carbocycles. The molecule has 0 spiro atoms. The van der Waals surface area contributed by atoms with Crippen molar-refractivity contribution in [3.05, 3.63) is 234 Å². The molecule has 3 aliphatic heterocycles. The van der Waals surface area contributed by atoms with Crippen molar-refractivity contribution in [2.75, 3.05) is 14.7 Å². The van der Waals surface area contributed by atoms with Crippen molar-refractivity contribution in [3.8, 4) is 22.3 Å². The smallest absolute Gasteiger partial charge is 0.252 e. The van der Waals surface area contributed by atoms with E-state index in [4.69, 9.17) is 0 Å². The maximum Gasteiger partial charge on any atom is 0.252 e. The van der Waals surface area contributed by atoms with Crippen LogP contribution in [0.25, 0.3) is 22.3 Å². The zero-order valence-electron chi connectivity index (χ0n) is 46.9. The lowest BCUT2D eigenvalue weighted by molar-refractivity contribution is 0.215.